The number of hydrogen-bond acceptors (Lipinski definition) is 7. The molecule has 1 aliphatic heterocycles. The minimum absolute atomic E-state index is 0.0332. The standard InChI is InChI=1S/C20H21N7O2S/c1-2-3-16-23-24-17-18(28)22-14-12-13(4-5-15(14)27(16)17)19(29)25-7-9-26(10-8-25)20-21-6-11-30-20/h4-6,11-12H,2-3,7-10H2,1H3,(H,22,28). The van der Waals surface area contributed by atoms with E-state index < -0.39 is 0 Å². The largest absolute Gasteiger partial charge is 0.345 e. The molecule has 1 aliphatic rings. The predicted octanol–water partition coefficient (Wildman–Crippen LogP) is 1.94. The molecular formula is C20H21N7O2S. The molecule has 1 saturated heterocycles. The monoisotopic (exact) mass is 423 g/mol. The Hall–Kier alpha value is -3.27. The maximum Gasteiger partial charge on any atom is 0.294 e. The zero-order valence-electron chi connectivity index (χ0n) is 16.5. The third kappa shape index (κ3) is 3.13. The highest BCUT2D eigenvalue weighted by Crippen LogP contribution is 2.21. The van der Waals surface area contributed by atoms with E-state index in [1.807, 2.05) is 22.4 Å². The molecule has 0 saturated carbocycles. The number of aryl methyl sites for hydroxylation is 1. The average Bonchev–Trinajstić information content (AvgIpc) is 3.44. The fraction of sp³-hybridized carbons (Fsp3) is 0.350. The molecule has 4 aromatic rings. The van der Waals surface area contributed by atoms with Crippen LogP contribution in [0.2, 0.25) is 0 Å². The number of aromatic nitrogens is 5. The number of fused-ring (bicyclic) bond motifs is 3. The fourth-order valence-electron chi connectivity index (χ4n) is 3.90. The Kier molecular flexibility index (Phi) is 4.70. The number of nitrogens with one attached hydrogen (secondary N) is 1. The summed E-state index contributed by atoms with van der Waals surface area (Å²) in [6, 6.07) is 5.42. The van der Waals surface area contributed by atoms with Crippen molar-refractivity contribution >= 4 is 39.1 Å². The third-order valence-electron chi connectivity index (χ3n) is 5.40. The molecule has 10 heteroatoms. The van der Waals surface area contributed by atoms with Crippen LogP contribution in [0.25, 0.3) is 16.7 Å². The van der Waals surface area contributed by atoms with Crippen LogP contribution in [0.1, 0.15) is 29.5 Å². The normalized spacial score (nSPS) is 14.7. The minimum Gasteiger partial charge on any atom is -0.345 e. The lowest BCUT2D eigenvalue weighted by Crippen LogP contribution is -2.48. The smallest absolute Gasteiger partial charge is 0.294 e. The first-order chi connectivity index (χ1) is 14.7. The van der Waals surface area contributed by atoms with Crippen LogP contribution in [0.15, 0.2) is 34.6 Å². The van der Waals surface area contributed by atoms with Crippen LogP contribution in [-0.4, -0.2) is 61.6 Å². The van der Waals surface area contributed by atoms with Crippen molar-refractivity contribution in [1.82, 2.24) is 29.5 Å². The Morgan fingerprint density at radius 2 is 2.03 bits per heavy atom. The molecule has 30 heavy (non-hydrogen) atoms. The van der Waals surface area contributed by atoms with E-state index in [9.17, 15) is 9.59 Å². The van der Waals surface area contributed by atoms with Crippen LogP contribution in [0, 0.1) is 0 Å². The Labute approximate surface area is 176 Å². The van der Waals surface area contributed by atoms with Crippen LogP contribution in [-0.2, 0) is 6.42 Å². The molecule has 0 atom stereocenters. The number of H-pyrrole nitrogens is 1. The summed E-state index contributed by atoms with van der Waals surface area (Å²) in [5.41, 5.74) is 1.94. The SMILES string of the molecule is CCCc1nnc2c(=O)[nH]c3cc(C(=O)N4CCN(c5nccs5)CC4)ccc3n12. The molecule has 9 nitrogen and oxygen atoms in total. The number of anilines is 1. The van der Waals surface area contributed by atoms with Gasteiger partial charge < -0.3 is 14.8 Å². The number of amides is 1. The summed E-state index contributed by atoms with van der Waals surface area (Å²) in [6.45, 7) is 4.84. The second-order valence-electron chi connectivity index (χ2n) is 7.31. The summed E-state index contributed by atoms with van der Waals surface area (Å²) in [5, 5.41) is 11.1. The lowest BCUT2D eigenvalue weighted by atomic mass is 10.1. The molecule has 3 aromatic heterocycles. The van der Waals surface area contributed by atoms with E-state index in [4.69, 9.17) is 0 Å². The van der Waals surface area contributed by atoms with E-state index in [0.717, 1.165) is 42.4 Å². The second kappa shape index (κ2) is 7.52. The number of thiazole rings is 1. The number of carbonyl (C=O) groups excluding carboxylic acids is 1. The van der Waals surface area contributed by atoms with Crippen molar-refractivity contribution in [2.75, 3.05) is 31.1 Å². The van der Waals surface area contributed by atoms with Crippen molar-refractivity contribution in [2.45, 2.75) is 19.8 Å². The Balaban J connectivity index is 1.43. The molecule has 1 amide bonds. The highest BCUT2D eigenvalue weighted by atomic mass is 32.1. The fourth-order valence-corrected chi connectivity index (χ4v) is 4.60. The highest BCUT2D eigenvalue weighted by Gasteiger charge is 2.24. The first-order valence-electron chi connectivity index (χ1n) is 9.99. The van der Waals surface area contributed by atoms with Gasteiger partial charge in [0, 0.05) is 49.7 Å². The maximum atomic E-state index is 13.1. The van der Waals surface area contributed by atoms with Crippen LogP contribution in [0.4, 0.5) is 5.13 Å². The molecule has 1 fully saturated rings. The van der Waals surface area contributed by atoms with Crippen molar-refractivity contribution in [3.63, 3.8) is 0 Å². The van der Waals surface area contributed by atoms with Gasteiger partial charge in [-0.2, -0.15) is 0 Å². The summed E-state index contributed by atoms with van der Waals surface area (Å²) in [7, 11) is 0. The molecule has 4 heterocycles. The first kappa shape index (κ1) is 18.7. The number of benzene rings is 1. The Morgan fingerprint density at radius 1 is 1.20 bits per heavy atom. The molecular weight excluding hydrogens is 402 g/mol. The minimum atomic E-state index is -0.306. The summed E-state index contributed by atoms with van der Waals surface area (Å²) in [4.78, 5) is 36.8. The number of rotatable bonds is 4. The van der Waals surface area contributed by atoms with Gasteiger partial charge in [-0.05, 0) is 24.6 Å². The van der Waals surface area contributed by atoms with E-state index in [1.165, 1.54) is 0 Å². The Morgan fingerprint density at radius 3 is 2.77 bits per heavy atom. The molecule has 1 N–H and O–H groups in total. The first-order valence-corrected chi connectivity index (χ1v) is 10.9. The molecule has 154 valence electrons. The van der Waals surface area contributed by atoms with E-state index in [-0.39, 0.29) is 17.1 Å². The van der Waals surface area contributed by atoms with Crippen LogP contribution in [0.5, 0.6) is 0 Å². The number of nitrogens with zero attached hydrogens (tertiary/aromatic N) is 6. The van der Waals surface area contributed by atoms with E-state index >= 15 is 0 Å². The number of carbonyl (C=O) groups is 1. The van der Waals surface area contributed by atoms with Gasteiger partial charge in [0.25, 0.3) is 11.5 Å². The topological polar surface area (TPSA) is 99.5 Å². The highest BCUT2D eigenvalue weighted by molar-refractivity contribution is 7.13. The average molecular weight is 424 g/mol. The molecule has 0 unspecified atom stereocenters. The number of aromatic amines is 1. The predicted molar refractivity (Wildman–Crippen MR) is 115 cm³/mol. The molecule has 0 radical (unpaired) electrons. The molecule has 1 aromatic carbocycles. The van der Waals surface area contributed by atoms with E-state index in [0.29, 0.717) is 24.2 Å². The van der Waals surface area contributed by atoms with Gasteiger partial charge in [-0.15, -0.1) is 21.5 Å². The van der Waals surface area contributed by atoms with Gasteiger partial charge in [-0.3, -0.25) is 14.0 Å². The number of hydrogen-bond donors (Lipinski definition) is 1. The van der Waals surface area contributed by atoms with Gasteiger partial charge in [0.2, 0.25) is 5.65 Å². The summed E-state index contributed by atoms with van der Waals surface area (Å²) >= 11 is 1.61. The van der Waals surface area contributed by atoms with Crippen LogP contribution < -0.4 is 10.5 Å². The van der Waals surface area contributed by atoms with Gasteiger partial charge in [0.05, 0.1) is 11.0 Å². The van der Waals surface area contributed by atoms with Gasteiger partial charge in [-0.25, -0.2) is 4.98 Å². The summed E-state index contributed by atoms with van der Waals surface area (Å²) in [5.74, 6) is 0.718. The van der Waals surface area contributed by atoms with Crippen LogP contribution >= 0.6 is 11.3 Å². The molecule has 5 rings (SSSR count). The quantitative estimate of drug-likeness (QED) is 0.539. The van der Waals surface area contributed by atoms with Crippen LogP contribution in [0.3, 0.4) is 0 Å². The van der Waals surface area contributed by atoms with Gasteiger partial charge in [0.1, 0.15) is 5.82 Å². The molecule has 0 spiro atoms. The zero-order chi connectivity index (χ0) is 20.7. The van der Waals surface area contributed by atoms with Crippen molar-refractivity contribution < 1.29 is 4.79 Å². The summed E-state index contributed by atoms with van der Waals surface area (Å²) < 4.78 is 1.79. The van der Waals surface area contributed by atoms with Gasteiger partial charge >= 0.3 is 0 Å². The molecule has 0 bridgehead atoms. The lowest BCUT2D eigenvalue weighted by Gasteiger charge is -2.34. The van der Waals surface area contributed by atoms with E-state index in [1.54, 1.807) is 28.0 Å². The van der Waals surface area contributed by atoms with E-state index in [2.05, 4.69) is 32.0 Å². The number of piperazine rings is 1. The van der Waals surface area contributed by atoms with Crippen molar-refractivity contribution in [3.05, 3.63) is 51.5 Å². The maximum absolute atomic E-state index is 13.1. The molecule has 0 aliphatic carbocycles. The summed E-state index contributed by atoms with van der Waals surface area (Å²) in [6.07, 6.45) is 3.43. The Bertz CT molecular complexity index is 1270. The van der Waals surface area contributed by atoms with Gasteiger partial charge in [0.15, 0.2) is 5.13 Å². The van der Waals surface area contributed by atoms with Gasteiger partial charge in [-0.1, -0.05) is 6.92 Å². The van der Waals surface area contributed by atoms with Crippen molar-refractivity contribution in [1.29, 1.82) is 0 Å². The lowest BCUT2D eigenvalue weighted by molar-refractivity contribution is 0.0747. The van der Waals surface area contributed by atoms with Crippen molar-refractivity contribution in [3.8, 4) is 0 Å². The van der Waals surface area contributed by atoms with Crippen molar-refractivity contribution in [2.24, 2.45) is 0 Å². The second-order valence-corrected chi connectivity index (χ2v) is 8.18. The third-order valence-corrected chi connectivity index (χ3v) is 6.23. The zero-order valence-corrected chi connectivity index (χ0v) is 17.4.